The summed E-state index contributed by atoms with van der Waals surface area (Å²) in [6, 6.07) is 0. The first kappa shape index (κ1) is 16.4. The molecule has 1 saturated carbocycles. The van der Waals surface area contributed by atoms with E-state index in [0.717, 1.165) is 28.6 Å². The Morgan fingerprint density at radius 1 is 1.04 bits per heavy atom. The van der Waals surface area contributed by atoms with E-state index < -0.39 is 10.0 Å². The number of hydrogen-bond acceptors (Lipinski definition) is 6. The van der Waals surface area contributed by atoms with Crippen LogP contribution in [0.4, 0.5) is 0 Å². The molecule has 0 aromatic carbocycles. The second-order valence-corrected chi connectivity index (χ2v) is 9.96. The number of aromatic nitrogens is 4. The molecule has 2 fully saturated rings. The zero-order chi connectivity index (χ0) is 16.7. The molecule has 132 valence electrons. The fraction of sp³-hybridized carbons (Fsp3) is 0.800. The van der Waals surface area contributed by atoms with Gasteiger partial charge in [0.05, 0.1) is 6.26 Å². The number of fused-ring (bicyclic) bond motifs is 1. The number of nitrogens with zero attached hydrogens (tertiary/aromatic N) is 5. The Hall–Kier alpha value is -1.06. The lowest BCUT2D eigenvalue weighted by atomic mass is 9.90. The summed E-state index contributed by atoms with van der Waals surface area (Å²) in [6.45, 7) is 1.08. The third-order valence-electron chi connectivity index (χ3n) is 5.20. The van der Waals surface area contributed by atoms with Gasteiger partial charge in [0, 0.05) is 24.9 Å². The van der Waals surface area contributed by atoms with Crippen LogP contribution in [0.25, 0.3) is 4.96 Å². The van der Waals surface area contributed by atoms with E-state index in [-0.39, 0.29) is 5.92 Å². The molecule has 1 unspecified atom stereocenters. The van der Waals surface area contributed by atoms with E-state index in [0.29, 0.717) is 19.0 Å². The van der Waals surface area contributed by atoms with Gasteiger partial charge in [-0.1, -0.05) is 30.6 Å². The van der Waals surface area contributed by atoms with E-state index in [2.05, 4.69) is 10.2 Å². The summed E-state index contributed by atoms with van der Waals surface area (Å²) in [5, 5.41) is 14.6. The number of piperidine rings is 1. The van der Waals surface area contributed by atoms with Gasteiger partial charge >= 0.3 is 0 Å². The molecule has 0 spiro atoms. The highest BCUT2D eigenvalue weighted by Crippen LogP contribution is 2.36. The molecule has 2 aliphatic rings. The van der Waals surface area contributed by atoms with E-state index >= 15 is 0 Å². The second kappa shape index (κ2) is 6.34. The van der Waals surface area contributed by atoms with Crippen LogP contribution in [0.1, 0.15) is 67.6 Å². The largest absolute Gasteiger partial charge is 0.234 e. The summed E-state index contributed by atoms with van der Waals surface area (Å²) in [7, 11) is -3.16. The highest BCUT2D eigenvalue weighted by atomic mass is 32.2. The average molecular weight is 370 g/mol. The molecule has 0 N–H and O–H groups in total. The van der Waals surface area contributed by atoms with E-state index in [4.69, 9.17) is 5.10 Å². The molecule has 2 aromatic heterocycles. The van der Waals surface area contributed by atoms with Gasteiger partial charge in [-0.25, -0.2) is 12.7 Å². The topological polar surface area (TPSA) is 80.5 Å². The van der Waals surface area contributed by atoms with Crippen molar-refractivity contribution in [1.82, 2.24) is 24.1 Å². The molecule has 0 radical (unpaired) electrons. The predicted octanol–water partition coefficient (Wildman–Crippen LogP) is 2.37. The van der Waals surface area contributed by atoms with Crippen molar-refractivity contribution < 1.29 is 8.42 Å². The fourth-order valence-electron chi connectivity index (χ4n) is 3.87. The van der Waals surface area contributed by atoms with Crippen molar-refractivity contribution in [3.8, 4) is 0 Å². The van der Waals surface area contributed by atoms with Crippen molar-refractivity contribution in [2.24, 2.45) is 0 Å². The maximum Gasteiger partial charge on any atom is 0.234 e. The maximum atomic E-state index is 11.8. The van der Waals surface area contributed by atoms with Crippen molar-refractivity contribution in [2.45, 2.75) is 56.8 Å². The molecule has 0 bridgehead atoms. The van der Waals surface area contributed by atoms with Gasteiger partial charge in [-0.05, 0) is 25.7 Å². The summed E-state index contributed by atoms with van der Waals surface area (Å²) in [5.74, 6) is 1.44. The normalized spacial score (nSPS) is 24.6. The fourth-order valence-corrected chi connectivity index (χ4v) is 5.80. The molecule has 4 rings (SSSR count). The molecule has 1 aliphatic carbocycles. The summed E-state index contributed by atoms with van der Waals surface area (Å²) in [4.78, 5) is 0.835. The van der Waals surface area contributed by atoms with E-state index in [1.165, 1.54) is 38.4 Å². The Bertz CT molecular complexity index is 822. The first-order valence-corrected chi connectivity index (χ1v) is 11.4. The smallest absolute Gasteiger partial charge is 0.213 e. The molecule has 0 amide bonds. The predicted molar refractivity (Wildman–Crippen MR) is 92.9 cm³/mol. The first-order chi connectivity index (χ1) is 11.5. The van der Waals surface area contributed by atoms with Gasteiger partial charge in [-0.2, -0.15) is 9.61 Å². The zero-order valence-electron chi connectivity index (χ0n) is 13.9. The minimum absolute atomic E-state index is 0.0739. The van der Waals surface area contributed by atoms with E-state index in [1.54, 1.807) is 15.6 Å². The van der Waals surface area contributed by atoms with Crippen molar-refractivity contribution >= 4 is 26.3 Å². The highest BCUT2D eigenvalue weighted by Gasteiger charge is 2.31. The summed E-state index contributed by atoms with van der Waals surface area (Å²) >= 11 is 1.64. The van der Waals surface area contributed by atoms with Gasteiger partial charge in [-0.3, -0.25) is 0 Å². The Morgan fingerprint density at radius 3 is 2.54 bits per heavy atom. The molecule has 3 heterocycles. The minimum Gasteiger partial charge on any atom is -0.213 e. The Labute approximate surface area is 146 Å². The molecule has 9 heteroatoms. The SMILES string of the molecule is CS(=O)(=O)N1CCCC(c2nnc3sc(C4CCCCC4)nn23)C1. The van der Waals surface area contributed by atoms with Gasteiger partial charge in [0.1, 0.15) is 5.01 Å². The maximum absolute atomic E-state index is 11.8. The Morgan fingerprint density at radius 2 is 1.79 bits per heavy atom. The molecular formula is C15H23N5O2S2. The van der Waals surface area contributed by atoms with Crippen LogP contribution in [0.3, 0.4) is 0 Å². The lowest BCUT2D eigenvalue weighted by molar-refractivity contribution is 0.308. The van der Waals surface area contributed by atoms with Crippen molar-refractivity contribution in [2.75, 3.05) is 19.3 Å². The van der Waals surface area contributed by atoms with Gasteiger partial charge < -0.3 is 0 Å². The molecule has 1 atom stereocenters. The highest BCUT2D eigenvalue weighted by molar-refractivity contribution is 7.88. The van der Waals surface area contributed by atoms with Crippen molar-refractivity contribution in [3.63, 3.8) is 0 Å². The lowest BCUT2D eigenvalue weighted by Gasteiger charge is -2.29. The van der Waals surface area contributed by atoms with Crippen LogP contribution in [-0.2, 0) is 10.0 Å². The lowest BCUT2D eigenvalue weighted by Crippen LogP contribution is -2.38. The van der Waals surface area contributed by atoms with E-state index in [1.807, 2.05) is 4.52 Å². The molecule has 1 saturated heterocycles. The molecule has 24 heavy (non-hydrogen) atoms. The van der Waals surface area contributed by atoms with Crippen molar-refractivity contribution in [3.05, 3.63) is 10.8 Å². The van der Waals surface area contributed by atoms with Gasteiger partial charge in [0.15, 0.2) is 5.82 Å². The van der Waals surface area contributed by atoms with Crippen molar-refractivity contribution in [1.29, 1.82) is 0 Å². The minimum atomic E-state index is -3.16. The van der Waals surface area contributed by atoms with Crippen LogP contribution in [0.2, 0.25) is 0 Å². The van der Waals surface area contributed by atoms with Crippen LogP contribution in [0.5, 0.6) is 0 Å². The Kier molecular flexibility index (Phi) is 4.34. The number of sulfonamides is 1. The molecule has 1 aliphatic heterocycles. The quantitative estimate of drug-likeness (QED) is 0.830. The van der Waals surface area contributed by atoms with E-state index in [9.17, 15) is 8.42 Å². The summed E-state index contributed by atoms with van der Waals surface area (Å²) in [6.07, 6.45) is 9.38. The molecule has 7 nitrogen and oxygen atoms in total. The van der Waals surface area contributed by atoms with Crippen LogP contribution in [0.15, 0.2) is 0 Å². The number of hydrogen-bond donors (Lipinski definition) is 0. The Balaban J connectivity index is 1.61. The number of rotatable bonds is 3. The third kappa shape index (κ3) is 3.09. The monoisotopic (exact) mass is 369 g/mol. The average Bonchev–Trinajstić information content (AvgIpc) is 3.15. The van der Waals surface area contributed by atoms with Gasteiger partial charge in [-0.15, -0.1) is 10.2 Å². The van der Waals surface area contributed by atoms with Crippen LogP contribution >= 0.6 is 11.3 Å². The third-order valence-corrected chi connectivity index (χ3v) is 7.53. The van der Waals surface area contributed by atoms with Crippen LogP contribution < -0.4 is 0 Å². The van der Waals surface area contributed by atoms with Gasteiger partial charge in [0.25, 0.3) is 0 Å². The summed E-state index contributed by atoms with van der Waals surface area (Å²) in [5.41, 5.74) is 0. The first-order valence-electron chi connectivity index (χ1n) is 8.69. The summed E-state index contributed by atoms with van der Waals surface area (Å²) < 4.78 is 27.1. The zero-order valence-corrected chi connectivity index (χ0v) is 15.5. The molecule has 2 aromatic rings. The standard InChI is InChI=1S/C15H23N5O2S2/c1-24(21,22)19-9-5-8-12(10-19)13-16-17-15-20(13)18-14(23-15)11-6-3-2-4-7-11/h11-12H,2-10H2,1H3. The van der Waals surface area contributed by atoms with Crippen LogP contribution in [0, 0.1) is 0 Å². The van der Waals surface area contributed by atoms with Crippen LogP contribution in [-0.4, -0.2) is 51.9 Å². The second-order valence-electron chi connectivity index (χ2n) is 6.99. The molecular weight excluding hydrogens is 346 g/mol. The van der Waals surface area contributed by atoms with Gasteiger partial charge in [0.2, 0.25) is 15.0 Å².